The summed E-state index contributed by atoms with van der Waals surface area (Å²) in [6.07, 6.45) is 1.62. The predicted octanol–water partition coefficient (Wildman–Crippen LogP) is 1.88. The maximum Gasteiger partial charge on any atom is 0.326 e. The van der Waals surface area contributed by atoms with E-state index in [4.69, 9.17) is 4.74 Å². The van der Waals surface area contributed by atoms with E-state index in [0.717, 1.165) is 4.90 Å². The number of para-hydroxylation sites is 1. The van der Waals surface area contributed by atoms with Gasteiger partial charge in [0.25, 0.3) is 5.56 Å². The Hall–Kier alpha value is -3.13. The van der Waals surface area contributed by atoms with E-state index in [1.807, 2.05) is 18.2 Å². The van der Waals surface area contributed by atoms with Gasteiger partial charge in [0.15, 0.2) is 0 Å². The van der Waals surface area contributed by atoms with Gasteiger partial charge in [-0.2, -0.15) is 0 Å². The number of anilines is 1. The van der Waals surface area contributed by atoms with Gasteiger partial charge in [-0.1, -0.05) is 18.2 Å². The second-order valence-electron chi connectivity index (χ2n) is 5.91. The van der Waals surface area contributed by atoms with E-state index in [2.05, 4.69) is 4.98 Å². The van der Waals surface area contributed by atoms with Crippen LogP contribution in [0.4, 0.5) is 5.69 Å². The summed E-state index contributed by atoms with van der Waals surface area (Å²) in [4.78, 5) is 43.2. The highest BCUT2D eigenvalue weighted by Gasteiger charge is 2.26. The van der Waals surface area contributed by atoms with Crippen LogP contribution in [0.2, 0.25) is 0 Å². The van der Waals surface area contributed by atoms with Crippen molar-refractivity contribution >= 4 is 35.0 Å². The van der Waals surface area contributed by atoms with E-state index < -0.39 is 5.97 Å². The molecule has 0 spiro atoms. The van der Waals surface area contributed by atoms with E-state index >= 15 is 0 Å². The summed E-state index contributed by atoms with van der Waals surface area (Å²) < 4.78 is 6.66. The first kappa shape index (κ1) is 17.3. The number of hydrogen-bond donors (Lipinski definition) is 0. The summed E-state index contributed by atoms with van der Waals surface area (Å²) in [6.45, 7) is -0.305. The molecule has 0 bridgehead atoms. The van der Waals surface area contributed by atoms with Crippen molar-refractivity contribution in [3.63, 3.8) is 0 Å². The lowest BCUT2D eigenvalue weighted by atomic mass is 10.2. The number of amides is 1. The number of thioether (sulfide) groups is 1. The van der Waals surface area contributed by atoms with Gasteiger partial charge in [-0.3, -0.25) is 23.7 Å². The van der Waals surface area contributed by atoms with Crippen LogP contribution in [0.5, 0.6) is 0 Å². The fourth-order valence-electron chi connectivity index (χ4n) is 2.83. The summed E-state index contributed by atoms with van der Waals surface area (Å²) in [6, 6.07) is 14.0. The SMILES string of the molecule is O=C(CN1C(=O)CSc2ccccc21)OCc1cc(=O)n2ccccc2n1. The second-order valence-corrected chi connectivity index (χ2v) is 6.93. The van der Waals surface area contributed by atoms with E-state index in [-0.39, 0.29) is 30.4 Å². The average Bonchev–Trinajstić information content (AvgIpc) is 2.69. The van der Waals surface area contributed by atoms with Crippen molar-refractivity contribution in [2.75, 3.05) is 17.2 Å². The second kappa shape index (κ2) is 7.24. The normalized spacial score (nSPS) is 13.5. The molecule has 1 aliphatic heterocycles. The number of nitrogens with zero attached hydrogens (tertiary/aromatic N) is 3. The number of esters is 1. The number of rotatable bonds is 4. The third-order valence-corrected chi connectivity index (χ3v) is 5.15. The lowest BCUT2D eigenvalue weighted by Crippen LogP contribution is -2.39. The summed E-state index contributed by atoms with van der Waals surface area (Å²) in [5.41, 5.74) is 1.30. The fourth-order valence-corrected chi connectivity index (χ4v) is 3.77. The Morgan fingerprint density at radius 3 is 2.85 bits per heavy atom. The Morgan fingerprint density at radius 2 is 1.96 bits per heavy atom. The van der Waals surface area contributed by atoms with Gasteiger partial charge >= 0.3 is 5.97 Å². The maximum absolute atomic E-state index is 12.3. The third kappa shape index (κ3) is 3.56. The van der Waals surface area contributed by atoms with Crippen LogP contribution in [0.15, 0.2) is 64.4 Å². The van der Waals surface area contributed by atoms with Crippen LogP contribution in [-0.4, -0.2) is 33.6 Å². The number of ether oxygens (including phenoxy) is 1. The van der Waals surface area contributed by atoms with Crippen molar-refractivity contribution in [2.24, 2.45) is 0 Å². The van der Waals surface area contributed by atoms with Gasteiger partial charge in [0.05, 0.1) is 17.1 Å². The highest BCUT2D eigenvalue weighted by atomic mass is 32.2. The van der Waals surface area contributed by atoms with Gasteiger partial charge in [-0.25, -0.2) is 4.98 Å². The highest BCUT2D eigenvalue weighted by Crippen LogP contribution is 2.34. The Kier molecular flexibility index (Phi) is 4.64. The number of pyridine rings is 1. The quantitative estimate of drug-likeness (QED) is 0.642. The van der Waals surface area contributed by atoms with Crippen LogP contribution in [0.25, 0.3) is 5.65 Å². The molecule has 0 atom stereocenters. The molecule has 0 unspecified atom stereocenters. The highest BCUT2D eigenvalue weighted by molar-refractivity contribution is 8.00. The largest absolute Gasteiger partial charge is 0.458 e. The van der Waals surface area contributed by atoms with Crippen LogP contribution in [0.3, 0.4) is 0 Å². The predicted molar refractivity (Wildman–Crippen MR) is 101 cm³/mol. The summed E-state index contributed by atoms with van der Waals surface area (Å²) in [5.74, 6) is -0.411. The number of carbonyl (C=O) groups excluding carboxylic acids is 2. The number of benzene rings is 1. The lowest BCUT2D eigenvalue weighted by Gasteiger charge is -2.27. The van der Waals surface area contributed by atoms with Gasteiger partial charge in [-0.15, -0.1) is 11.8 Å². The standard InChI is InChI=1S/C19H15N3O4S/c23-17-9-13(20-16-7-3-4-8-21(16)17)11-26-19(25)10-22-14-5-1-2-6-15(14)27-12-18(22)24/h1-9H,10-12H2. The van der Waals surface area contributed by atoms with Crippen molar-refractivity contribution < 1.29 is 14.3 Å². The molecule has 0 N–H and O–H groups in total. The molecule has 3 aromatic rings. The minimum Gasteiger partial charge on any atom is -0.458 e. The van der Waals surface area contributed by atoms with E-state index in [1.54, 1.807) is 30.5 Å². The van der Waals surface area contributed by atoms with Crippen molar-refractivity contribution in [1.29, 1.82) is 0 Å². The fraction of sp³-hybridized carbons (Fsp3) is 0.158. The van der Waals surface area contributed by atoms with Crippen LogP contribution in [0.1, 0.15) is 5.69 Å². The number of aromatic nitrogens is 2. The number of hydrogen-bond acceptors (Lipinski definition) is 6. The minimum atomic E-state index is -0.555. The zero-order chi connectivity index (χ0) is 18.8. The smallest absolute Gasteiger partial charge is 0.326 e. The molecule has 1 aromatic carbocycles. The molecule has 1 amide bonds. The van der Waals surface area contributed by atoms with Gasteiger partial charge in [0.2, 0.25) is 5.91 Å². The minimum absolute atomic E-state index is 0.127. The van der Waals surface area contributed by atoms with Gasteiger partial charge in [0, 0.05) is 17.2 Å². The number of carbonyl (C=O) groups is 2. The van der Waals surface area contributed by atoms with Gasteiger partial charge in [-0.05, 0) is 24.3 Å². The summed E-state index contributed by atoms with van der Waals surface area (Å²) in [7, 11) is 0. The molecule has 136 valence electrons. The van der Waals surface area contributed by atoms with Crippen molar-refractivity contribution in [3.05, 3.63) is 70.8 Å². The van der Waals surface area contributed by atoms with Gasteiger partial charge in [0.1, 0.15) is 18.8 Å². The molecule has 0 fully saturated rings. The Labute approximate surface area is 158 Å². The maximum atomic E-state index is 12.3. The van der Waals surface area contributed by atoms with Crippen molar-refractivity contribution in [2.45, 2.75) is 11.5 Å². The molecule has 3 heterocycles. The van der Waals surface area contributed by atoms with E-state index in [0.29, 0.717) is 17.0 Å². The molecule has 1 aliphatic rings. The molecule has 27 heavy (non-hydrogen) atoms. The number of fused-ring (bicyclic) bond motifs is 2. The molecule has 0 saturated carbocycles. The van der Waals surface area contributed by atoms with E-state index in [9.17, 15) is 14.4 Å². The molecular formula is C19H15N3O4S. The first-order valence-electron chi connectivity index (χ1n) is 8.27. The van der Waals surface area contributed by atoms with E-state index in [1.165, 1.54) is 27.1 Å². The zero-order valence-corrected chi connectivity index (χ0v) is 15.0. The molecule has 2 aromatic heterocycles. The first-order valence-corrected chi connectivity index (χ1v) is 9.25. The topological polar surface area (TPSA) is 81.0 Å². The molecule has 0 radical (unpaired) electrons. The van der Waals surface area contributed by atoms with Crippen molar-refractivity contribution in [3.8, 4) is 0 Å². The zero-order valence-electron chi connectivity index (χ0n) is 14.2. The van der Waals surface area contributed by atoms with Crippen LogP contribution in [0, 0.1) is 0 Å². The Morgan fingerprint density at radius 1 is 1.15 bits per heavy atom. The van der Waals surface area contributed by atoms with Crippen LogP contribution < -0.4 is 10.5 Å². The Bertz CT molecular complexity index is 1100. The van der Waals surface area contributed by atoms with Crippen LogP contribution in [-0.2, 0) is 20.9 Å². The summed E-state index contributed by atoms with van der Waals surface area (Å²) in [5, 5.41) is 0. The first-order chi connectivity index (χ1) is 13.1. The molecule has 7 nitrogen and oxygen atoms in total. The molecule has 4 rings (SSSR count). The molecule has 0 saturated heterocycles. The summed E-state index contributed by atoms with van der Waals surface area (Å²) >= 11 is 1.45. The Balaban J connectivity index is 1.46. The average molecular weight is 381 g/mol. The molecule has 0 aliphatic carbocycles. The van der Waals surface area contributed by atoms with Gasteiger partial charge < -0.3 is 4.74 Å². The third-order valence-electron chi connectivity index (χ3n) is 4.10. The van der Waals surface area contributed by atoms with Crippen LogP contribution >= 0.6 is 11.8 Å². The lowest BCUT2D eigenvalue weighted by molar-refractivity contribution is -0.144. The van der Waals surface area contributed by atoms with Crippen molar-refractivity contribution in [1.82, 2.24) is 9.38 Å². The molecular weight excluding hydrogens is 366 g/mol. The monoisotopic (exact) mass is 381 g/mol. The molecule has 8 heteroatoms.